The van der Waals surface area contributed by atoms with Crippen molar-refractivity contribution >= 4 is 11.0 Å². The lowest BCUT2D eigenvalue weighted by Gasteiger charge is -2.07. The zero-order chi connectivity index (χ0) is 9.42. The smallest absolute Gasteiger partial charge is 0.124 e. The minimum Gasteiger partial charge on any atom is -0.496 e. The SMILES string of the molecule is COc1cc2[nH]cnc2c(C)c1C. The van der Waals surface area contributed by atoms with E-state index >= 15 is 0 Å². The Morgan fingerprint density at radius 3 is 2.77 bits per heavy atom. The first-order valence-electron chi connectivity index (χ1n) is 4.21. The lowest BCUT2D eigenvalue weighted by molar-refractivity contribution is 0.412. The molecule has 2 rings (SSSR count). The highest BCUT2D eigenvalue weighted by molar-refractivity contribution is 5.81. The lowest BCUT2D eigenvalue weighted by Crippen LogP contribution is -1.91. The third kappa shape index (κ3) is 1.08. The van der Waals surface area contributed by atoms with Crippen molar-refractivity contribution in [1.29, 1.82) is 0 Å². The second-order valence-electron chi connectivity index (χ2n) is 3.13. The van der Waals surface area contributed by atoms with Crippen molar-refractivity contribution in [2.45, 2.75) is 13.8 Å². The molecule has 0 aliphatic carbocycles. The quantitative estimate of drug-likeness (QED) is 0.723. The fourth-order valence-electron chi connectivity index (χ4n) is 1.53. The van der Waals surface area contributed by atoms with Crippen LogP contribution < -0.4 is 4.74 Å². The summed E-state index contributed by atoms with van der Waals surface area (Å²) in [6, 6.07) is 1.98. The highest BCUT2D eigenvalue weighted by atomic mass is 16.5. The van der Waals surface area contributed by atoms with Crippen molar-refractivity contribution in [3.63, 3.8) is 0 Å². The van der Waals surface area contributed by atoms with E-state index in [1.54, 1.807) is 13.4 Å². The highest BCUT2D eigenvalue weighted by Crippen LogP contribution is 2.27. The first-order valence-corrected chi connectivity index (χ1v) is 4.21. The zero-order valence-electron chi connectivity index (χ0n) is 8.01. The summed E-state index contributed by atoms with van der Waals surface area (Å²) in [7, 11) is 1.68. The predicted molar refractivity (Wildman–Crippen MR) is 52.1 cm³/mol. The molecular weight excluding hydrogens is 164 g/mol. The fraction of sp³-hybridized carbons (Fsp3) is 0.300. The van der Waals surface area contributed by atoms with Crippen molar-refractivity contribution in [2.24, 2.45) is 0 Å². The number of nitrogens with zero attached hydrogens (tertiary/aromatic N) is 1. The van der Waals surface area contributed by atoms with Crippen LogP contribution in [0.5, 0.6) is 5.75 Å². The van der Waals surface area contributed by atoms with Gasteiger partial charge in [-0.1, -0.05) is 0 Å². The standard InChI is InChI=1S/C10H12N2O/c1-6-7(2)10-8(11-5-12-10)4-9(6)13-3/h4-5H,1-3H3,(H,11,12). The largest absolute Gasteiger partial charge is 0.496 e. The molecule has 3 heteroatoms. The monoisotopic (exact) mass is 176 g/mol. The Bertz CT molecular complexity index is 445. The van der Waals surface area contributed by atoms with Crippen LogP contribution in [0.2, 0.25) is 0 Å². The fourth-order valence-corrected chi connectivity index (χ4v) is 1.53. The number of aromatic amines is 1. The topological polar surface area (TPSA) is 37.9 Å². The number of methoxy groups -OCH3 is 1. The molecule has 1 aromatic heterocycles. The normalized spacial score (nSPS) is 10.7. The predicted octanol–water partition coefficient (Wildman–Crippen LogP) is 2.19. The van der Waals surface area contributed by atoms with E-state index in [2.05, 4.69) is 16.9 Å². The molecule has 0 aliphatic rings. The molecule has 1 N–H and O–H groups in total. The van der Waals surface area contributed by atoms with Gasteiger partial charge in [-0.05, 0) is 25.0 Å². The third-order valence-electron chi connectivity index (χ3n) is 2.45. The van der Waals surface area contributed by atoms with E-state index in [0.717, 1.165) is 22.3 Å². The number of aryl methyl sites for hydroxylation is 1. The van der Waals surface area contributed by atoms with E-state index in [9.17, 15) is 0 Å². The van der Waals surface area contributed by atoms with Gasteiger partial charge < -0.3 is 9.72 Å². The molecular formula is C10H12N2O. The summed E-state index contributed by atoms with van der Waals surface area (Å²) < 4.78 is 5.26. The van der Waals surface area contributed by atoms with Crippen molar-refractivity contribution in [2.75, 3.05) is 7.11 Å². The minimum absolute atomic E-state index is 0.911. The summed E-state index contributed by atoms with van der Waals surface area (Å²) >= 11 is 0. The lowest BCUT2D eigenvalue weighted by atomic mass is 10.1. The Kier molecular flexibility index (Phi) is 1.72. The van der Waals surface area contributed by atoms with Crippen LogP contribution in [0.15, 0.2) is 12.4 Å². The van der Waals surface area contributed by atoms with Crippen LogP contribution >= 0.6 is 0 Å². The molecule has 1 aromatic carbocycles. The van der Waals surface area contributed by atoms with Gasteiger partial charge in [-0.15, -0.1) is 0 Å². The first kappa shape index (κ1) is 8.10. The maximum absolute atomic E-state index is 5.26. The van der Waals surface area contributed by atoms with E-state index in [4.69, 9.17) is 4.74 Å². The van der Waals surface area contributed by atoms with Crippen molar-refractivity contribution in [3.05, 3.63) is 23.5 Å². The van der Waals surface area contributed by atoms with Crippen LogP contribution in [0.4, 0.5) is 0 Å². The average Bonchev–Trinajstić information content (AvgIpc) is 2.59. The van der Waals surface area contributed by atoms with E-state index in [1.807, 2.05) is 13.0 Å². The van der Waals surface area contributed by atoms with E-state index in [1.165, 1.54) is 5.56 Å². The van der Waals surface area contributed by atoms with Crippen LogP contribution in [0.1, 0.15) is 11.1 Å². The van der Waals surface area contributed by atoms with Gasteiger partial charge in [-0.25, -0.2) is 4.98 Å². The Labute approximate surface area is 76.8 Å². The van der Waals surface area contributed by atoms with Gasteiger partial charge in [-0.2, -0.15) is 0 Å². The molecule has 2 aromatic rings. The van der Waals surface area contributed by atoms with Crippen molar-refractivity contribution < 1.29 is 4.74 Å². The molecule has 13 heavy (non-hydrogen) atoms. The number of ether oxygens (including phenoxy) is 1. The van der Waals surface area contributed by atoms with E-state index in [-0.39, 0.29) is 0 Å². The Hall–Kier alpha value is -1.51. The summed E-state index contributed by atoms with van der Waals surface area (Å²) in [4.78, 5) is 7.31. The number of aromatic nitrogens is 2. The molecule has 0 fully saturated rings. The number of fused-ring (bicyclic) bond motifs is 1. The second-order valence-corrected chi connectivity index (χ2v) is 3.13. The summed E-state index contributed by atoms with van der Waals surface area (Å²) in [6.45, 7) is 4.10. The number of nitrogens with one attached hydrogen (secondary N) is 1. The summed E-state index contributed by atoms with van der Waals surface area (Å²) in [6.07, 6.45) is 1.70. The van der Waals surface area contributed by atoms with Crippen LogP contribution in [-0.2, 0) is 0 Å². The number of rotatable bonds is 1. The summed E-state index contributed by atoms with van der Waals surface area (Å²) in [5.41, 5.74) is 4.39. The van der Waals surface area contributed by atoms with E-state index < -0.39 is 0 Å². The zero-order valence-corrected chi connectivity index (χ0v) is 8.01. The van der Waals surface area contributed by atoms with Gasteiger partial charge in [0.05, 0.1) is 24.5 Å². The van der Waals surface area contributed by atoms with Gasteiger partial charge in [0.15, 0.2) is 0 Å². The molecule has 3 nitrogen and oxygen atoms in total. The van der Waals surface area contributed by atoms with Crippen LogP contribution in [0.25, 0.3) is 11.0 Å². The van der Waals surface area contributed by atoms with Gasteiger partial charge in [0.2, 0.25) is 0 Å². The third-order valence-corrected chi connectivity index (χ3v) is 2.45. The minimum atomic E-state index is 0.911. The van der Waals surface area contributed by atoms with Crippen molar-refractivity contribution in [3.8, 4) is 5.75 Å². The van der Waals surface area contributed by atoms with Crippen molar-refractivity contribution in [1.82, 2.24) is 9.97 Å². The Morgan fingerprint density at radius 1 is 1.31 bits per heavy atom. The van der Waals surface area contributed by atoms with Crippen LogP contribution in [-0.4, -0.2) is 17.1 Å². The molecule has 68 valence electrons. The van der Waals surface area contributed by atoms with Gasteiger partial charge >= 0.3 is 0 Å². The molecule has 0 unspecified atom stereocenters. The van der Waals surface area contributed by atoms with Gasteiger partial charge in [-0.3, -0.25) is 0 Å². The number of H-pyrrole nitrogens is 1. The molecule has 0 atom stereocenters. The molecule has 0 spiro atoms. The average molecular weight is 176 g/mol. The molecule has 1 heterocycles. The molecule has 0 radical (unpaired) electrons. The number of hydrogen-bond donors (Lipinski definition) is 1. The molecule has 0 bridgehead atoms. The molecule has 0 saturated carbocycles. The van der Waals surface area contributed by atoms with Crippen LogP contribution in [0.3, 0.4) is 0 Å². The maximum atomic E-state index is 5.26. The Balaban J connectivity index is 2.83. The second kappa shape index (κ2) is 2.76. The Morgan fingerprint density at radius 2 is 2.08 bits per heavy atom. The van der Waals surface area contributed by atoms with Crippen LogP contribution in [0, 0.1) is 13.8 Å². The molecule has 0 saturated heterocycles. The summed E-state index contributed by atoms with van der Waals surface area (Å²) in [5.74, 6) is 0.911. The summed E-state index contributed by atoms with van der Waals surface area (Å²) in [5, 5.41) is 0. The molecule has 0 aliphatic heterocycles. The molecule has 0 amide bonds. The maximum Gasteiger partial charge on any atom is 0.124 e. The van der Waals surface area contributed by atoms with E-state index in [0.29, 0.717) is 0 Å². The van der Waals surface area contributed by atoms with Gasteiger partial charge in [0, 0.05) is 6.07 Å². The number of benzene rings is 1. The van der Waals surface area contributed by atoms with Gasteiger partial charge in [0.1, 0.15) is 5.75 Å². The highest BCUT2D eigenvalue weighted by Gasteiger charge is 2.08. The van der Waals surface area contributed by atoms with Gasteiger partial charge in [0.25, 0.3) is 0 Å². The number of hydrogen-bond acceptors (Lipinski definition) is 2. The number of imidazole rings is 1. The first-order chi connectivity index (χ1) is 6.24.